The van der Waals surface area contributed by atoms with Crippen LogP contribution in [0.1, 0.15) is 46.9 Å². The summed E-state index contributed by atoms with van der Waals surface area (Å²) in [5.41, 5.74) is 2.55. The maximum Gasteiger partial charge on any atom is 0.191 e. The van der Waals surface area contributed by atoms with Gasteiger partial charge in [0.05, 0.1) is 12.6 Å². The number of guanidine groups is 1. The molecule has 1 saturated heterocycles. The number of nitrogens with zero attached hydrogens (tertiary/aromatic N) is 2. The molecule has 27 heavy (non-hydrogen) atoms. The molecule has 3 rings (SSSR count). The van der Waals surface area contributed by atoms with Gasteiger partial charge in [0.2, 0.25) is 0 Å². The summed E-state index contributed by atoms with van der Waals surface area (Å²) in [5, 5.41) is 7.90. The van der Waals surface area contributed by atoms with Crippen molar-refractivity contribution in [3.05, 3.63) is 51.5 Å². The molecule has 0 aliphatic carbocycles. The number of rotatable bonds is 6. The van der Waals surface area contributed by atoms with E-state index < -0.39 is 0 Å². The highest BCUT2D eigenvalue weighted by Gasteiger charge is 2.27. The summed E-state index contributed by atoms with van der Waals surface area (Å²) in [6.45, 7) is 9.41. The van der Waals surface area contributed by atoms with Gasteiger partial charge in [-0.1, -0.05) is 29.8 Å². The predicted octanol–water partition coefficient (Wildman–Crippen LogP) is 3.98. The van der Waals surface area contributed by atoms with Crippen LogP contribution in [0.4, 0.5) is 0 Å². The molecular weight excluding hydrogens is 356 g/mol. The molecule has 0 radical (unpaired) electrons. The van der Waals surface area contributed by atoms with Gasteiger partial charge in [-0.2, -0.15) is 0 Å². The van der Waals surface area contributed by atoms with E-state index in [2.05, 4.69) is 60.7 Å². The molecule has 0 bridgehead atoms. The zero-order chi connectivity index (χ0) is 19.1. The minimum absolute atomic E-state index is 0.149. The highest BCUT2D eigenvalue weighted by molar-refractivity contribution is 7.11. The van der Waals surface area contributed by atoms with Crippen molar-refractivity contribution < 1.29 is 4.74 Å². The van der Waals surface area contributed by atoms with E-state index in [1.54, 1.807) is 11.3 Å². The Morgan fingerprint density at radius 1 is 1.26 bits per heavy atom. The molecule has 6 heteroatoms. The van der Waals surface area contributed by atoms with Crippen LogP contribution in [0.15, 0.2) is 35.5 Å². The molecule has 2 unspecified atom stereocenters. The van der Waals surface area contributed by atoms with E-state index in [1.165, 1.54) is 16.0 Å². The van der Waals surface area contributed by atoms with Crippen molar-refractivity contribution in [2.45, 2.75) is 46.3 Å². The maximum absolute atomic E-state index is 6.13. The standard InChI is InChI=1S/C21H30N4OS/c1-4-22-21(25-14-19-23-12-16(3)27-19)24-13-18-6-5-11-26-20(18)17-9-7-15(2)8-10-17/h7-10,12,18,20H,4-6,11,13-14H2,1-3H3,(H2,22,24,25). The fraction of sp³-hybridized carbons (Fsp3) is 0.524. The zero-order valence-electron chi connectivity index (χ0n) is 16.5. The number of aryl methyl sites for hydroxylation is 2. The lowest BCUT2D eigenvalue weighted by atomic mass is 9.89. The Morgan fingerprint density at radius 2 is 2.07 bits per heavy atom. The molecule has 1 fully saturated rings. The Labute approximate surface area is 166 Å². The van der Waals surface area contributed by atoms with E-state index in [-0.39, 0.29) is 6.10 Å². The topological polar surface area (TPSA) is 58.5 Å². The lowest BCUT2D eigenvalue weighted by Crippen LogP contribution is -2.42. The molecule has 1 aliphatic heterocycles. The van der Waals surface area contributed by atoms with Gasteiger partial charge in [-0.05, 0) is 39.2 Å². The first-order chi connectivity index (χ1) is 13.2. The van der Waals surface area contributed by atoms with Gasteiger partial charge in [0.25, 0.3) is 0 Å². The number of aromatic nitrogens is 1. The van der Waals surface area contributed by atoms with Crippen molar-refractivity contribution in [2.24, 2.45) is 10.9 Å². The van der Waals surface area contributed by atoms with Crippen LogP contribution < -0.4 is 10.6 Å². The maximum atomic E-state index is 6.13. The minimum atomic E-state index is 0.149. The minimum Gasteiger partial charge on any atom is -0.373 e. The monoisotopic (exact) mass is 386 g/mol. The summed E-state index contributed by atoms with van der Waals surface area (Å²) < 4.78 is 6.13. The number of nitrogens with one attached hydrogen (secondary N) is 2. The Kier molecular flexibility index (Phi) is 7.24. The Morgan fingerprint density at radius 3 is 2.78 bits per heavy atom. The molecule has 1 aromatic carbocycles. The van der Waals surface area contributed by atoms with Crippen LogP contribution in [-0.4, -0.2) is 30.6 Å². The van der Waals surface area contributed by atoms with E-state index in [4.69, 9.17) is 9.73 Å². The molecule has 2 aromatic rings. The van der Waals surface area contributed by atoms with E-state index in [9.17, 15) is 0 Å². The number of hydrogen-bond acceptors (Lipinski definition) is 4. The van der Waals surface area contributed by atoms with Crippen LogP contribution >= 0.6 is 11.3 Å². The van der Waals surface area contributed by atoms with Gasteiger partial charge in [-0.3, -0.25) is 0 Å². The summed E-state index contributed by atoms with van der Waals surface area (Å²) >= 11 is 1.70. The van der Waals surface area contributed by atoms with Crippen molar-refractivity contribution in [3.63, 3.8) is 0 Å². The third kappa shape index (κ3) is 5.78. The number of aliphatic imine (C=N–C) groups is 1. The molecule has 146 valence electrons. The largest absolute Gasteiger partial charge is 0.373 e. The molecular formula is C21H30N4OS. The average Bonchev–Trinajstić information content (AvgIpc) is 3.10. The first-order valence-corrected chi connectivity index (χ1v) is 10.6. The van der Waals surface area contributed by atoms with Crippen molar-refractivity contribution in [3.8, 4) is 0 Å². The van der Waals surface area contributed by atoms with Crippen molar-refractivity contribution in [1.82, 2.24) is 15.6 Å². The summed E-state index contributed by atoms with van der Waals surface area (Å²) in [4.78, 5) is 10.3. The Bertz CT molecular complexity index is 741. The van der Waals surface area contributed by atoms with Gasteiger partial charge in [0, 0.05) is 36.7 Å². The number of hydrogen-bond donors (Lipinski definition) is 2. The second kappa shape index (κ2) is 9.85. The van der Waals surface area contributed by atoms with E-state index in [0.29, 0.717) is 12.5 Å². The van der Waals surface area contributed by atoms with Crippen LogP contribution in [0.25, 0.3) is 0 Å². The van der Waals surface area contributed by atoms with Gasteiger partial charge in [0.1, 0.15) is 5.01 Å². The van der Waals surface area contributed by atoms with Crippen LogP contribution in [0.2, 0.25) is 0 Å². The first kappa shape index (κ1) is 19.8. The molecule has 5 nitrogen and oxygen atoms in total. The van der Waals surface area contributed by atoms with E-state index >= 15 is 0 Å². The average molecular weight is 387 g/mol. The molecule has 2 N–H and O–H groups in total. The van der Waals surface area contributed by atoms with Crippen molar-refractivity contribution >= 4 is 17.3 Å². The SMILES string of the molecule is CCNC(=NCc1ncc(C)s1)NCC1CCCOC1c1ccc(C)cc1. The van der Waals surface area contributed by atoms with E-state index in [1.807, 2.05) is 6.20 Å². The zero-order valence-corrected chi connectivity index (χ0v) is 17.3. The summed E-state index contributed by atoms with van der Waals surface area (Å²) in [7, 11) is 0. The molecule has 2 atom stereocenters. The smallest absolute Gasteiger partial charge is 0.191 e. The van der Waals surface area contributed by atoms with Gasteiger partial charge in [-0.25, -0.2) is 9.98 Å². The second-order valence-corrected chi connectivity index (χ2v) is 8.36. The number of ether oxygens (including phenoxy) is 1. The van der Waals surface area contributed by atoms with Crippen LogP contribution in [-0.2, 0) is 11.3 Å². The van der Waals surface area contributed by atoms with Gasteiger partial charge in [0.15, 0.2) is 5.96 Å². The molecule has 0 amide bonds. The Hall–Kier alpha value is -1.92. The van der Waals surface area contributed by atoms with E-state index in [0.717, 1.165) is 43.5 Å². The molecule has 0 spiro atoms. The fourth-order valence-electron chi connectivity index (χ4n) is 3.37. The Balaban J connectivity index is 1.62. The van der Waals surface area contributed by atoms with Gasteiger partial charge < -0.3 is 15.4 Å². The summed E-state index contributed by atoms with van der Waals surface area (Å²) in [5.74, 6) is 1.28. The van der Waals surface area contributed by atoms with Gasteiger partial charge in [-0.15, -0.1) is 11.3 Å². The molecule has 2 heterocycles. The summed E-state index contributed by atoms with van der Waals surface area (Å²) in [6.07, 6.45) is 4.33. The molecule has 1 aliphatic rings. The number of thiazole rings is 1. The van der Waals surface area contributed by atoms with Gasteiger partial charge >= 0.3 is 0 Å². The molecule has 0 saturated carbocycles. The second-order valence-electron chi connectivity index (χ2n) is 7.05. The third-order valence-electron chi connectivity index (χ3n) is 4.77. The van der Waals surface area contributed by atoms with Crippen LogP contribution in [0, 0.1) is 19.8 Å². The highest BCUT2D eigenvalue weighted by atomic mass is 32.1. The third-order valence-corrected chi connectivity index (χ3v) is 5.67. The van der Waals surface area contributed by atoms with Crippen LogP contribution in [0.3, 0.4) is 0 Å². The van der Waals surface area contributed by atoms with Crippen molar-refractivity contribution in [1.29, 1.82) is 0 Å². The first-order valence-electron chi connectivity index (χ1n) is 9.77. The number of benzene rings is 1. The highest BCUT2D eigenvalue weighted by Crippen LogP contribution is 2.33. The van der Waals surface area contributed by atoms with Crippen LogP contribution in [0.5, 0.6) is 0 Å². The lowest BCUT2D eigenvalue weighted by Gasteiger charge is -2.32. The quantitative estimate of drug-likeness (QED) is 0.582. The predicted molar refractivity (Wildman–Crippen MR) is 112 cm³/mol. The fourth-order valence-corrected chi connectivity index (χ4v) is 4.08. The summed E-state index contributed by atoms with van der Waals surface area (Å²) in [6, 6.07) is 8.73. The lowest BCUT2D eigenvalue weighted by molar-refractivity contribution is -0.0265. The normalized spacial score (nSPS) is 20.5. The molecule has 1 aromatic heterocycles. The van der Waals surface area contributed by atoms with Crippen molar-refractivity contribution in [2.75, 3.05) is 19.7 Å².